The van der Waals surface area contributed by atoms with Crippen molar-refractivity contribution in [3.63, 3.8) is 0 Å². The zero-order chi connectivity index (χ0) is 21.1. The number of aromatic nitrogens is 1. The molecular weight excluding hydrogens is 406 g/mol. The molecule has 1 aliphatic heterocycles. The molecule has 8 nitrogen and oxygen atoms in total. The van der Waals surface area contributed by atoms with Gasteiger partial charge in [0.25, 0.3) is 0 Å². The van der Waals surface area contributed by atoms with Gasteiger partial charge in [0.15, 0.2) is 10.7 Å². The van der Waals surface area contributed by atoms with Gasteiger partial charge in [-0.3, -0.25) is 4.79 Å². The minimum atomic E-state index is -3.85. The van der Waals surface area contributed by atoms with E-state index in [0.717, 1.165) is 25.7 Å². The van der Waals surface area contributed by atoms with Crippen molar-refractivity contribution in [3.05, 3.63) is 35.6 Å². The molecule has 0 spiro atoms. The fourth-order valence-corrected chi connectivity index (χ4v) is 6.01. The zero-order valence-electron chi connectivity index (χ0n) is 17.0. The van der Waals surface area contributed by atoms with E-state index in [4.69, 9.17) is 8.94 Å². The summed E-state index contributed by atoms with van der Waals surface area (Å²) >= 11 is 0. The monoisotopic (exact) mass is 433 g/mol. The molecule has 0 aromatic carbocycles. The van der Waals surface area contributed by atoms with E-state index in [1.165, 1.54) is 10.6 Å². The largest absolute Gasteiger partial charge is 0.465 e. The molecule has 2 fully saturated rings. The lowest BCUT2D eigenvalue weighted by molar-refractivity contribution is -0.126. The Labute approximate surface area is 176 Å². The number of carbonyl (C=O) groups excluding carboxylic acids is 1. The number of amides is 1. The molecule has 1 aliphatic carbocycles. The van der Waals surface area contributed by atoms with Crippen molar-refractivity contribution in [3.8, 4) is 0 Å². The third kappa shape index (κ3) is 4.37. The average Bonchev–Trinajstić information content (AvgIpc) is 3.49. The van der Waals surface area contributed by atoms with Gasteiger partial charge in [-0.25, -0.2) is 8.42 Å². The third-order valence-corrected chi connectivity index (χ3v) is 7.85. The number of sulfonamides is 1. The van der Waals surface area contributed by atoms with Gasteiger partial charge in [-0.1, -0.05) is 18.0 Å². The highest BCUT2D eigenvalue weighted by molar-refractivity contribution is 7.89. The Hall–Kier alpha value is -2.39. The Balaban J connectivity index is 1.51. The molecule has 0 unspecified atom stereocenters. The third-order valence-electron chi connectivity index (χ3n) is 5.83. The molecule has 3 heterocycles. The Bertz CT molecular complexity index is 1000. The quantitative estimate of drug-likeness (QED) is 0.750. The van der Waals surface area contributed by atoms with Gasteiger partial charge in [-0.15, -0.1) is 0 Å². The van der Waals surface area contributed by atoms with Gasteiger partial charge in [-0.05, 0) is 56.9 Å². The lowest BCUT2D eigenvalue weighted by Crippen LogP contribution is -2.47. The second-order valence-corrected chi connectivity index (χ2v) is 9.88. The second kappa shape index (κ2) is 8.77. The molecule has 162 valence electrons. The van der Waals surface area contributed by atoms with Crippen molar-refractivity contribution in [1.82, 2.24) is 14.8 Å². The number of rotatable bonds is 6. The summed E-state index contributed by atoms with van der Waals surface area (Å²) in [6.45, 7) is 2.16. The smallest absolute Gasteiger partial charge is 0.248 e. The molecule has 2 aliphatic rings. The van der Waals surface area contributed by atoms with Crippen LogP contribution in [0.2, 0.25) is 0 Å². The van der Waals surface area contributed by atoms with Crippen LogP contribution < -0.4 is 5.32 Å². The van der Waals surface area contributed by atoms with Gasteiger partial charge >= 0.3 is 0 Å². The molecule has 0 bridgehead atoms. The molecule has 1 amide bonds. The number of aryl methyl sites for hydroxylation is 1. The van der Waals surface area contributed by atoms with Crippen LogP contribution >= 0.6 is 0 Å². The number of nitrogens with one attached hydrogen (secondary N) is 1. The number of hydrogen-bond donors (Lipinski definition) is 1. The van der Waals surface area contributed by atoms with Gasteiger partial charge in [0.1, 0.15) is 11.5 Å². The molecule has 4 rings (SSSR count). The number of carbonyl (C=O) groups is 1. The van der Waals surface area contributed by atoms with Gasteiger partial charge < -0.3 is 14.3 Å². The Morgan fingerprint density at radius 1 is 1.23 bits per heavy atom. The maximum Gasteiger partial charge on any atom is 0.248 e. The zero-order valence-corrected chi connectivity index (χ0v) is 17.9. The van der Waals surface area contributed by atoms with Crippen molar-refractivity contribution in [2.24, 2.45) is 5.92 Å². The highest BCUT2D eigenvalue weighted by Crippen LogP contribution is 2.29. The van der Waals surface area contributed by atoms with E-state index in [9.17, 15) is 13.2 Å². The summed E-state index contributed by atoms with van der Waals surface area (Å²) in [6, 6.07) is 3.72. The molecule has 2 aromatic rings. The summed E-state index contributed by atoms with van der Waals surface area (Å²) in [4.78, 5) is 12.7. The Morgan fingerprint density at radius 2 is 2.03 bits per heavy atom. The van der Waals surface area contributed by atoms with E-state index in [1.807, 2.05) is 0 Å². The minimum absolute atomic E-state index is 0.0400. The summed E-state index contributed by atoms with van der Waals surface area (Å²) in [7, 11) is -3.85. The number of nitrogens with zero attached hydrogens (tertiary/aromatic N) is 2. The summed E-state index contributed by atoms with van der Waals surface area (Å²) in [6.07, 6.45) is 10.3. The Kier molecular flexibility index (Phi) is 6.10. The lowest BCUT2D eigenvalue weighted by atomic mass is 9.98. The highest BCUT2D eigenvalue weighted by atomic mass is 32.2. The van der Waals surface area contributed by atoms with Crippen molar-refractivity contribution in [1.29, 1.82) is 0 Å². The van der Waals surface area contributed by atoms with E-state index >= 15 is 0 Å². The van der Waals surface area contributed by atoms with Crippen molar-refractivity contribution >= 4 is 28.1 Å². The molecule has 1 N–H and O–H groups in total. The van der Waals surface area contributed by atoms with Gasteiger partial charge in [-0.2, -0.15) is 4.31 Å². The van der Waals surface area contributed by atoms with Crippen molar-refractivity contribution < 1.29 is 22.2 Å². The molecule has 2 aromatic heterocycles. The van der Waals surface area contributed by atoms with E-state index in [2.05, 4.69) is 10.5 Å². The maximum absolute atomic E-state index is 13.4. The first-order valence-corrected chi connectivity index (χ1v) is 11.9. The number of furan rings is 1. The van der Waals surface area contributed by atoms with Crippen LogP contribution in [0.4, 0.5) is 0 Å². The standard InChI is InChI=1S/C21H27N3O5S/c1-15-20(19(29-23-15)11-10-18-9-5-13-28-18)30(26,27)24-12-4-6-16(14-24)21(25)22-17-7-2-3-8-17/h5,9-11,13,16-17H,2-4,6-8,12,14H2,1H3,(H,22,25)/b11-10+/t16-/m1/s1. The van der Waals surface area contributed by atoms with E-state index in [1.54, 1.807) is 31.2 Å². The molecule has 9 heteroatoms. The predicted octanol–water partition coefficient (Wildman–Crippen LogP) is 3.21. The van der Waals surface area contributed by atoms with Gasteiger partial charge in [0.2, 0.25) is 15.9 Å². The fourth-order valence-electron chi connectivity index (χ4n) is 4.24. The second-order valence-electron chi connectivity index (χ2n) is 8.00. The maximum atomic E-state index is 13.4. The van der Waals surface area contributed by atoms with Crippen LogP contribution in [-0.4, -0.2) is 42.9 Å². The first-order valence-electron chi connectivity index (χ1n) is 10.4. The Morgan fingerprint density at radius 3 is 2.77 bits per heavy atom. The normalized spacial score (nSPS) is 21.4. The average molecular weight is 434 g/mol. The predicted molar refractivity (Wildman–Crippen MR) is 111 cm³/mol. The van der Waals surface area contributed by atoms with E-state index in [-0.39, 0.29) is 35.1 Å². The molecule has 1 saturated carbocycles. The van der Waals surface area contributed by atoms with Crippen LogP contribution in [0.15, 0.2) is 32.2 Å². The first-order chi connectivity index (χ1) is 14.4. The SMILES string of the molecule is Cc1noc(/C=C/c2ccco2)c1S(=O)(=O)N1CCC[C@@H](C(=O)NC2CCCC2)C1. The topological polar surface area (TPSA) is 106 Å². The van der Waals surface area contributed by atoms with Gasteiger partial charge in [0.05, 0.1) is 12.2 Å². The number of hydrogen-bond acceptors (Lipinski definition) is 6. The minimum Gasteiger partial charge on any atom is -0.465 e. The summed E-state index contributed by atoms with van der Waals surface area (Å²) in [5, 5.41) is 6.96. The number of piperidine rings is 1. The fraction of sp³-hybridized carbons (Fsp3) is 0.524. The van der Waals surface area contributed by atoms with Crippen LogP contribution in [0.25, 0.3) is 12.2 Å². The van der Waals surface area contributed by atoms with Gasteiger partial charge in [0, 0.05) is 19.1 Å². The van der Waals surface area contributed by atoms with E-state index in [0.29, 0.717) is 30.8 Å². The van der Waals surface area contributed by atoms with Crippen LogP contribution in [0, 0.1) is 12.8 Å². The lowest BCUT2D eigenvalue weighted by Gasteiger charge is -2.31. The van der Waals surface area contributed by atoms with Crippen LogP contribution in [0.1, 0.15) is 55.7 Å². The van der Waals surface area contributed by atoms with E-state index < -0.39 is 10.0 Å². The first kappa shape index (κ1) is 20.9. The highest BCUT2D eigenvalue weighted by Gasteiger charge is 2.37. The molecule has 0 radical (unpaired) electrons. The van der Waals surface area contributed by atoms with Crippen LogP contribution in [-0.2, 0) is 14.8 Å². The summed E-state index contributed by atoms with van der Waals surface area (Å²) < 4.78 is 38.7. The van der Waals surface area contributed by atoms with Crippen LogP contribution in [0.3, 0.4) is 0 Å². The van der Waals surface area contributed by atoms with Crippen molar-refractivity contribution in [2.45, 2.75) is 56.4 Å². The summed E-state index contributed by atoms with van der Waals surface area (Å²) in [5.41, 5.74) is 0.298. The van der Waals surface area contributed by atoms with Crippen LogP contribution in [0.5, 0.6) is 0 Å². The molecule has 30 heavy (non-hydrogen) atoms. The summed E-state index contributed by atoms with van der Waals surface area (Å²) in [5.74, 6) is 0.355. The molecular formula is C21H27N3O5S. The van der Waals surface area contributed by atoms with Crippen molar-refractivity contribution in [2.75, 3.05) is 13.1 Å². The molecule has 1 saturated heterocycles. The molecule has 1 atom stereocenters.